The Morgan fingerprint density at radius 3 is 2.96 bits per heavy atom. The third-order valence-electron chi connectivity index (χ3n) is 3.68. The van der Waals surface area contributed by atoms with Crippen molar-refractivity contribution in [2.75, 3.05) is 7.11 Å². The summed E-state index contributed by atoms with van der Waals surface area (Å²) in [7, 11) is 1.67. The molecular weight excluding hydrogens is 308 g/mol. The predicted octanol–water partition coefficient (Wildman–Crippen LogP) is 4.37. The monoisotopic (exact) mass is 326 g/mol. The first-order chi connectivity index (χ1) is 11.3. The van der Waals surface area contributed by atoms with Crippen molar-refractivity contribution in [3.63, 3.8) is 0 Å². The van der Waals surface area contributed by atoms with Crippen LogP contribution in [0, 0.1) is 0 Å². The Bertz CT molecular complexity index is 820. The van der Waals surface area contributed by atoms with Crippen LogP contribution in [-0.2, 0) is 6.42 Å². The Hall–Kier alpha value is -2.40. The van der Waals surface area contributed by atoms with Crippen molar-refractivity contribution < 1.29 is 9.53 Å². The zero-order valence-electron chi connectivity index (χ0n) is 13.2. The topological polar surface area (TPSA) is 44.1 Å². The third-order valence-corrected chi connectivity index (χ3v) is 4.52. The fourth-order valence-electron chi connectivity index (χ4n) is 2.56. The Morgan fingerprint density at radius 1 is 1.35 bits per heavy atom. The van der Waals surface area contributed by atoms with Gasteiger partial charge < -0.3 is 4.74 Å². The summed E-state index contributed by atoms with van der Waals surface area (Å²) in [4.78, 5) is 15.8. The van der Waals surface area contributed by atoms with E-state index in [1.165, 1.54) is 16.9 Å². The SMILES string of the molecule is CCCc1ccc(OC)c(-c2csc(-n3cccc3C=O)n2)c1. The summed E-state index contributed by atoms with van der Waals surface area (Å²) < 4.78 is 7.27. The van der Waals surface area contributed by atoms with Crippen molar-refractivity contribution >= 4 is 17.6 Å². The van der Waals surface area contributed by atoms with Crippen LogP contribution in [0.5, 0.6) is 5.75 Å². The lowest BCUT2D eigenvalue weighted by Gasteiger charge is -2.09. The van der Waals surface area contributed by atoms with Crippen LogP contribution in [0.1, 0.15) is 29.4 Å². The summed E-state index contributed by atoms with van der Waals surface area (Å²) in [6.07, 6.45) is 4.81. The average molecular weight is 326 g/mol. The van der Waals surface area contributed by atoms with Crippen LogP contribution in [0.4, 0.5) is 0 Å². The van der Waals surface area contributed by atoms with Crippen LogP contribution in [0.15, 0.2) is 41.9 Å². The molecule has 118 valence electrons. The smallest absolute Gasteiger partial charge is 0.194 e. The molecule has 2 heterocycles. The van der Waals surface area contributed by atoms with Crippen molar-refractivity contribution in [1.29, 1.82) is 0 Å². The number of carbonyl (C=O) groups is 1. The van der Waals surface area contributed by atoms with E-state index >= 15 is 0 Å². The maximum absolute atomic E-state index is 11.1. The highest BCUT2D eigenvalue weighted by Gasteiger charge is 2.13. The van der Waals surface area contributed by atoms with E-state index in [0.29, 0.717) is 5.69 Å². The number of hydrogen-bond acceptors (Lipinski definition) is 4. The average Bonchev–Trinajstić information content (AvgIpc) is 3.23. The molecule has 4 nitrogen and oxygen atoms in total. The minimum Gasteiger partial charge on any atom is -0.496 e. The van der Waals surface area contributed by atoms with Gasteiger partial charge in [0.15, 0.2) is 11.4 Å². The molecule has 0 atom stereocenters. The highest BCUT2D eigenvalue weighted by molar-refractivity contribution is 7.12. The van der Waals surface area contributed by atoms with Crippen molar-refractivity contribution in [3.05, 3.63) is 53.2 Å². The number of benzene rings is 1. The van der Waals surface area contributed by atoms with Crippen LogP contribution in [0.2, 0.25) is 0 Å². The second-order valence-corrected chi connectivity index (χ2v) is 6.06. The number of aromatic nitrogens is 2. The standard InChI is InChI=1S/C18H18N2O2S/c1-3-5-13-7-8-17(22-2)15(10-13)16-12-23-18(19-16)20-9-4-6-14(20)11-21/h4,6-12H,3,5H2,1-2H3. The molecule has 0 radical (unpaired) electrons. The van der Waals surface area contributed by atoms with Crippen molar-refractivity contribution in [2.24, 2.45) is 0 Å². The zero-order valence-corrected chi connectivity index (χ0v) is 14.0. The Balaban J connectivity index is 2.02. The van der Waals surface area contributed by atoms with Gasteiger partial charge >= 0.3 is 0 Å². The van der Waals surface area contributed by atoms with Crippen LogP contribution < -0.4 is 4.74 Å². The Morgan fingerprint density at radius 2 is 2.22 bits per heavy atom. The van der Waals surface area contributed by atoms with Gasteiger partial charge in [-0.05, 0) is 36.2 Å². The second kappa shape index (κ2) is 6.79. The molecule has 0 N–H and O–H groups in total. The molecule has 0 aliphatic heterocycles. The van der Waals surface area contributed by atoms with E-state index in [9.17, 15) is 4.79 Å². The molecule has 0 aliphatic rings. The minimum absolute atomic E-state index is 0.595. The number of aryl methyl sites for hydroxylation is 1. The van der Waals surface area contributed by atoms with E-state index in [1.807, 2.05) is 23.7 Å². The first-order valence-corrected chi connectivity index (χ1v) is 8.40. The van der Waals surface area contributed by atoms with E-state index in [1.54, 1.807) is 17.7 Å². The van der Waals surface area contributed by atoms with Gasteiger partial charge in [0, 0.05) is 17.1 Å². The number of hydrogen-bond donors (Lipinski definition) is 0. The molecule has 0 bridgehead atoms. The number of carbonyl (C=O) groups excluding carboxylic acids is 1. The highest BCUT2D eigenvalue weighted by Crippen LogP contribution is 2.33. The fourth-order valence-corrected chi connectivity index (χ4v) is 3.39. The molecule has 0 saturated carbocycles. The molecule has 1 aromatic carbocycles. The van der Waals surface area contributed by atoms with E-state index in [0.717, 1.165) is 41.3 Å². The van der Waals surface area contributed by atoms with Gasteiger partial charge in [0.2, 0.25) is 0 Å². The number of thiazole rings is 1. The molecule has 0 saturated heterocycles. The number of nitrogens with zero attached hydrogens (tertiary/aromatic N) is 2. The van der Waals surface area contributed by atoms with Crippen LogP contribution >= 0.6 is 11.3 Å². The van der Waals surface area contributed by atoms with Gasteiger partial charge in [-0.15, -0.1) is 11.3 Å². The zero-order chi connectivity index (χ0) is 16.2. The van der Waals surface area contributed by atoms with E-state index in [2.05, 4.69) is 24.0 Å². The summed E-state index contributed by atoms with van der Waals surface area (Å²) in [5.41, 5.74) is 3.72. The largest absolute Gasteiger partial charge is 0.496 e. The van der Waals surface area contributed by atoms with Crippen LogP contribution in [0.25, 0.3) is 16.4 Å². The molecule has 3 rings (SSSR count). The summed E-state index contributed by atoms with van der Waals surface area (Å²) in [6.45, 7) is 2.16. The number of ether oxygens (including phenoxy) is 1. The number of rotatable bonds is 6. The molecule has 0 unspecified atom stereocenters. The van der Waals surface area contributed by atoms with E-state index < -0.39 is 0 Å². The van der Waals surface area contributed by atoms with E-state index in [4.69, 9.17) is 4.74 Å². The van der Waals surface area contributed by atoms with E-state index in [-0.39, 0.29) is 0 Å². The fraction of sp³-hybridized carbons (Fsp3) is 0.222. The van der Waals surface area contributed by atoms with Gasteiger partial charge in [-0.3, -0.25) is 9.36 Å². The first-order valence-electron chi connectivity index (χ1n) is 7.52. The van der Waals surface area contributed by atoms with Crippen LogP contribution in [-0.4, -0.2) is 22.9 Å². The molecule has 3 aromatic rings. The second-order valence-electron chi connectivity index (χ2n) is 5.22. The number of aldehydes is 1. The lowest BCUT2D eigenvalue weighted by molar-refractivity contribution is 0.111. The molecule has 0 amide bonds. The summed E-state index contributed by atoms with van der Waals surface area (Å²) in [6, 6.07) is 9.84. The first kappa shape index (κ1) is 15.5. The maximum Gasteiger partial charge on any atom is 0.194 e. The predicted molar refractivity (Wildman–Crippen MR) is 92.8 cm³/mol. The summed E-state index contributed by atoms with van der Waals surface area (Å²) in [5, 5.41) is 2.77. The summed E-state index contributed by atoms with van der Waals surface area (Å²) in [5.74, 6) is 0.810. The molecule has 0 spiro atoms. The molecular formula is C18H18N2O2S. The lowest BCUT2D eigenvalue weighted by Crippen LogP contribution is -1.97. The van der Waals surface area contributed by atoms with Gasteiger partial charge in [0.1, 0.15) is 5.75 Å². The summed E-state index contributed by atoms with van der Waals surface area (Å²) >= 11 is 1.51. The van der Waals surface area contributed by atoms with Crippen LogP contribution in [0.3, 0.4) is 0 Å². The maximum atomic E-state index is 11.1. The third kappa shape index (κ3) is 3.05. The molecule has 2 aromatic heterocycles. The molecule has 0 fully saturated rings. The quantitative estimate of drug-likeness (QED) is 0.632. The van der Waals surface area contributed by atoms with Crippen molar-refractivity contribution in [3.8, 4) is 22.1 Å². The molecule has 0 aliphatic carbocycles. The minimum atomic E-state index is 0.595. The van der Waals surface area contributed by atoms with Gasteiger partial charge in [-0.1, -0.05) is 19.4 Å². The van der Waals surface area contributed by atoms with Crippen molar-refractivity contribution in [1.82, 2.24) is 9.55 Å². The Kier molecular flexibility index (Phi) is 4.57. The molecule has 23 heavy (non-hydrogen) atoms. The number of methoxy groups -OCH3 is 1. The molecule has 5 heteroatoms. The highest BCUT2D eigenvalue weighted by atomic mass is 32.1. The van der Waals surface area contributed by atoms with Gasteiger partial charge in [0.05, 0.1) is 18.5 Å². The Labute approximate surface area is 139 Å². The normalized spacial score (nSPS) is 10.7. The lowest BCUT2D eigenvalue weighted by atomic mass is 10.0. The van der Waals surface area contributed by atoms with Gasteiger partial charge in [-0.25, -0.2) is 4.98 Å². The van der Waals surface area contributed by atoms with Crippen molar-refractivity contribution in [2.45, 2.75) is 19.8 Å². The van der Waals surface area contributed by atoms with Gasteiger partial charge in [0.25, 0.3) is 0 Å². The van der Waals surface area contributed by atoms with Gasteiger partial charge in [-0.2, -0.15) is 0 Å².